The van der Waals surface area contributed by atoms with Crippen molar-refractivity contribution in [3.8, 4) is 0 Å². The molecule has 0 aliphatic heterocycles. The summed E-state index contributed by atoms with van der Waals surface area (Å²) in [7, 11) is 0. The van der Waals surface area contributed by atoms with Gasteiger partial charge in [0.05, 0.1) is 0 Å². The lowest BCUT2D eigenvalue weighted by Gasteiger charge is -2.36. The normalized spacial score (nSPS) is 36.2. The fourth-order valence-electron chi connectivity index (χ4n) is 2.82. The molecule has 0 spiro atoms. The molecule has 1 aliphatic rings. The Bertz CT molecular complexity index is 152. The van der Waals surface area contributed by atoms with Crippen LogP contribution in [0.25, 0.3) is 0 Å². The van der Waals surface area contributed by atoms with E-state index in [2.05, 4.69) is 34.6 Å². The summed E-state index contributed by atoms with van der Waals surface area (Å²) in [5.41, 5.74) is 0.527. The molecule has 1 aliphatic carbocycles. The van der Waals surface area contributed by atoms with Crippen molar-refractivity contribution >= 4 is 0 Å². The van der Waals surface area contributed by atoms with Crippen molar-refractivity contribution in [3.63, 3.8) is 0 Å². The van der Waals surface area contributed by atoms with Crippen LogP contribution in [0.5, 0.6) is 0 Å². The van der Waals surface area contributed by atoms with Crippen LogP contribution >= 0.6 is 0 Å². The Kier molecular flexibility index (Phi) is 3.43. The van der Waals surface area contributed by atoms with Crippen molar-refractivity contribution in [3.05, 3.63) is 0 Å². The number of hydrogen-bond acceptors (Lipinski definition) is 0. The Labute approximate surface area is 84.1 Å². The summed E-state index contributed by atoms with van der Waals surface area (Å²) >= 11 is 0. The summed E-state index contributed by atoms with van der Waals surface area (Å²) in [5, 5.41) is 0. The fourth-order valence-corrected chi connectivity index (χ4v) is 2.82. The van der Waals surface area contributed by atoms with Gasteiger partial charge in [-0.05, 0) is 42.4 Å². The highest BCUT2D eigenvalue weighted by molar-refractivity contribution is 4.79. The average Bonchev–Trinajstić information content (AvgIpc) is 1.93. The van der Waals surface area contributed by atoms with Crippen LogP contribution in [0.1, 0.15) is 60.3 Å². The van der Waals surface area contributed by atoms with Gasteiger partial charge >= 0.3 is 0 Å². The second-order valence-electron chi connectivity index (χ2n) is 6.42. The zero-order chi connectivity index (χ0) is 10.1. The Balaban J connectivity index is 2.43. The SMILES string of the molecule is CC1CCC(CC(C)(C)C)C(C)C1. The minimum absolute atomic E-state index is 0.527. The van der Waals surface area contributed by atoms with E-state index in [1.807, 2.05) is 0 Å². The van der Waals surface area contributed by atoms with Crippen LogP contribution in [0.4, 0.5) is 0 Å². The first-order valence-corrected chi connectivity index (χ1v) is 5.88. The van der Waals surface area contributed by atoms with Crippen LogP contribution in [0, 0.1) is 23.2 Å². The van der Waals surface area contributed by atoms with E-state index in [1.165, 1.54) is 25.7 Å². The molecule has 0 bridgehead atoms. The Hall–Kier alpha value is 0. The molecule has 0 heteroatoms. The van der Waals surface area contributed by atoms with Crippen molar-refractivity contribution in [2.45, 2.75) is 60.3 Å². The molecule has 3 unspecified atom stereocenters. The summed E-state index contributed by atoms with van der Waals surface area (Å²) in [6, 6.07) is 0. The van der Waals surface area contributed by atoms with E-state index >= 15 is 0 Å². The minimum Gasteiger partial charge on any atom is -0.0625 e. The van der Waals surface area contributed by atoms with E-state index in [1.54, 1.807) is 0 Å². The van der Waals surface area contributed by atoms with E-state index in [9.17, 15) is 0 Å². The van der Waals surface area contributed by atoms with Gasteiger partial charge in [0.1, 0.15) is 0 Å². The maximum Gasteiger partial charge on any atom is -0.0380 e. The largest absolute Gasteiger partial charge is 0.0625 e. The standard InChI is InChI=1S/C13H26/c1-10-6-7-12(11(2)8-10)9-13(3,4)5/h10-12H,6-9H2,1-5H3. The van der Waals surface area contributed by atoms with Gasteiger partial charge in [-0.25, -0.2) is 0 Å². The topological polar surface area (TPSA) is 0 Å². The monoisotopic (exact) mass is 182 g/mol. The van der Waals surface area contributed by atoms with Crippen LogP contribution in [-0.4, -0.2) is 0 Å². The van der Waals surface area contributed by atoms with Crippen LogP contribution in [0.2, 0.25) is 0 Å². The van der Waals surface area contributed by atoms with Gasteiger partial charge in [0.25, 0.3) is 0 Å². The summed E-state index contributed by atoms with van der Waals surface area (Å²) in [6.07, 6.45) is 5.81. The summed E-state index contributed by atoms with van der Waals surface area (Å²) < 4.78 is 0. The molecule has 0 N–H and O–H groups in total. The van der Waals surface area contributed by atoms with Crippen molar-refractivity contribution < 1.29 is 0 Å². The molecule has 0 nitrogen and oxygen atoms in total. The van der Waals surface area contributed by atoms with Crippen molar-refractivity contribution in [2.24, 2.45) is 23.2 Å². The predicted octanol–water partition coefficient (Wildman–Crippen LogP) is 4.49. The third-order valence-electron chi connectivity index (χ3n) is 3.48. The van der Waals surface area contributed by atoms with E-state index in [4.69, 9.17) is 0 Å². The zero-order valence-corrected chi connectivity index (χ0v) is 10.1. The minimum atomic E-state index is 0.527. The summed E-state index contributed by atoms with van der Waals surface area (Å²) in [5.74, 6) is 2.94. The zero-order valence-electron chi connectivity index (χ0n) is 10.1. The lowest BCUT2D eigenvalue weighted by atomic mass is 9.70. The fraction of sp³-hybridized carbons (Fsp3) is 1.00. The maximum absolute atomic E-state index is 2.45. The maximum atomic E-state index is 2.45. The second-order valence-corrected chi connectivity index (χ2v) is 6.42. The molecular weight excluding hydrogens is 156 g/mol. The quantitative estimate of drug-likeness (QED) is 0.560. The van der Waals surface area contributed by atoms with Gasteiger partial charge in [-0.2, -0.15) is 0 Å². The number of rotatable bonds is 1. The van der Waals surface area contributed by atoms with Gasteiger partial charge in [0.2, 0.25) is 0 Å². The molecule has 13 heavy (non-hydrogen) atoms. The molecule has 1 fully saturated rings. The molecule has 0 amide bonds. The van der Waals surface area contributed by atoms with Gasteiger partial charge in [-0.3, -0.25) is 0 Å². The summed E-state index contributed by atoms with van der Waals surface area (Å²) in [6.45, 7) is 12.0. The highest BCUT2D eigenvalue weighted by atomic mass is 14.3. The van der Waals surface area contributed by atoms with Crippen LogP contribution in [0.15, 0.2) is 0 Å². The Morgan fingerprint density at radius 1 is 1.08 bits per heavy atom. The first-order valence-electron chi connectivity index (χ1n) is 5.88. The van der Waals surface area contributed by atoms with E-state index in [-0.39, 0.29) is 0 Å². The van der Waals surface area contributed by atoms with Gasteiger partial charge in [0.15, 0.2) is 0 Å². The van der Waals surface area contributed by atoms with Crippen LogP contribution < -0.4 is 0 Å². The number of hydrogen-bond donors (Lipinski definition) is 0. The lowest BCUT2D eigenvalue weighted by Crippen LogP contribution is -2.25. The second kappa shape index (κ2) is 4.02. The Morgan fingerprint density at radius 2 is 1.69 bits per heavy atom. The third-order valence-corrected chi connectivity index (χ3v) is 3.48. The molecule has 0 aromatic carbocycles. The van der Waals surface area contributed by atoms with Gasteiger partial charge in [-0.1, -0.05) is 41.0 Å². The molecule has 0 radical (unpaired) electrons. The van der Waals surface area contributed by atoms with Crippen molar-refractivity contribution in [1.82, 2.24) is 0 Å². The van der Waals surface area contributed by atoms with Crippen molar-refractivity contribution in [2.75, 3.05) is 0 Å². The van der Waals surface area contributed by atoms with Gasteiger partial charge < -0.3 is 0 Å². The van der Waals surface area contributed by atoms with Crippen molar-refractivity contribution in [1.29, 1.82) is 0 Å². The molecule has 1 rings (SSSR count). The van der Waals surface area contributed by atoms with Crippen LogP contribution in [-0.2, 0) is 0 Å². The first-order chi connectivity index (χ1) is 5.88. The van der Waals surface area contributed by atoms with E-state index < -0.39 is 0 Å². The van der Waals surface area contributed by atoms with Gasteiger partial charge in [-0.15, -0.1) is 0 Å². The molecule has 78 valence electrons. The Morgan fingerprint density at radius 3 is 2.15 bits per heavy atom. The molecular formula is C13H26. The highest BCUT2D eigenvalue weighted by Crippen LogP contribution is 2.39. The highest BCUT2D eigenvalue weighted by Gasteiger charge is 2.28. The van der Waals surface area contributed by atoms with Gasteiger partial charge in [0, 0.05) is 0 Å². The van der Waals surface area contributed by atoms with Crippen LogP contribution in [0.3, 0.4) is 0 Å². The lowest BCUT2D eigenvalue weighted by molar-refractivity contribution is 0.150. The summed E-state index contributed by atoms with van der Waals surface area (Å²) in [4.78, 5) is 0. The average molecular weight is 182 g/mol. The van der Waals surface area contributed by atoms with E-state index in [0.717, 1.165) is 17.8 Å². The molecule has 1 saturated carbocycles. The predicted molar refractivity (Wildman–Crippen MR) is 59.7 cm³/mol. The smallest absolute Gasteiger partial charge is 0.0380 e. The molecule has 3 atom stereocenters. The molecule has 0 aromatic rings. The van der Waals surface area contributed by atoms with E-state index in [0.29, 0.717) is 5.41 Å². The molecule has 0 saturated heterocycles. The first kappa shape index (κ1) is 11.1. The molecule has 0 heterocycles. The third kappa shape index (κ3) is 3.70. The molecule has 0 aromatic heterocycles.